The second-order valence-electron chi connectivity index (χ2n) is 23.0. The Balaban J connectivity index is 5.62. The summed E-state index contributed by atoms with van der Waals surface area (Å²) in [6.45, 7) is 18.4. The summed E-state index contributed by atoms with van der Waals surface area (Å²) in [5.74, 6) is 0.142. The molecule has 0 aliphatic heterocycles. The van der Waals surface area contributed by atoms with E-state index in [1.807, 2.05) is 9.80 Å². The number of rotatable bonds is 60. The molecule has 0 aromatic rings. The van der Waals surface area contributed by atoms with Gasteiger partial charge in [-0.1, -0.05) is 202 Å². The number of aliphatic hydroxyl groups excluding tert-OH is 1. The van der Waals surface area contributed by atoms with Crippen LogP contribution in [0.3, 0.4) is 0 Å². The van der Waals surface area contributed by atoms with Crippen LogP contribution < -0.4 is 0 Å². The largest absolute Gasteiger partial charge is 0.462 e. The van der Waals surface area contributed by atoms with Crippen molar-refractivity contribution in [2.45, 2.75) is 349 Å². The van der Waals surface area contributed by atoms with Crippen LogP contribution in [0, 0.1) is 0 Å². The third-order valence-corrected chi connectivity index (χ3v) is 15.7. The number of hydrogen-bond acceptors (Lipinski definition) is 8. The van der Waals surface area contributed by atoms with Crippen molar-refractivity contribution >= 4 is 23.8 Å². The van der Waals surface area contributed by atoms with E-state index in [-0.39, 0.29) is 42.6 Å². The zero-order valence-electron chi connectivity index (χ0n) is 51.6. The van der Waals surface area contributed by atoms with Gasteiger partial charge in [-0.05, 0) is 116 Å². The normalized spacial score (nSPS) is 12.3. The highest BCUT2D eigenvalue weighted by Gasteiger charge is 2.21. The summed E-state index contributed by atoms with van der Waals surface area (Å²) in [5, 5.41) is 9.52. The Kier molecular flexibility index (Phi) is 55.8. The Hall–Kier alpha value is -2.20. The molecular formula is C66H129N3O7. The molecule has 1 N–H and O–H groups in total. The van der Waals surface area contributed by atoms with Gasteiger partial charge in [0.15, 0.2) is 0 Å². The van der Waals surface area contributed by atoms with Gasteiger partial charge in [0.25, 0.3) is 0 Å². The maximum absolute atomic E-state index is 14.1. The van der Waals surface area contributed by atoms with E-state index >= 15 is 0 Å². The van der Waals surface area contributed by atoms with Crippen LogP contribution in [0.1, 0.15) is 337 Å². The number of amides is 2. The molecule has 1 unspecified atom stereocenters. The number of hydrogen-bond donors (Lipinski definition) is 1. The SMILES string of the molecule is CCCCCCCCC(CCCCCC)OC(=O)CCCCN(CCCCCCC)C(=O)CCN(CCCCCO)CCC(=O)N(CCCCCCC)CCCCC(=O)O[C@H](CCCCCCC)CCCCCCCC. The molecular weight excluding hydrogens is 947 g/mol. The van der Waals surface area contributed by atoms with E-state index in [4.69, 9.17) is 9.47 Å². The molecule has 0 saturated heterocycles. The molecule has 10 nitrogen and oxygen atoms in total. The molecule has 450 valence electrons. The number of nitrogens with zero attached hydrogens (tertiary/aromatic N) is 3. The number of unbranched alkanes of at least 4 members (excludes halogenated alkanes) is 29. The predicted octanol–water partition coefficient (Wildman–Crippen LogP) is 17.8. The quantitative estimate of drug-likeness (QED) is 0.0473. The molecule has 2 amide bonds. The van der Waals surface area contributed by atoms with Gasteiger partial charge in [-0.15, -0.1) is 0 Å². The van der Waals surface area contributed by atoms with Gasteiger partial charge in [0, 0.05) is 71.6 Å². The summed E-state index contributed by atoms with van der Waals surface area (Å²) in [5.41, 5.74) is 0. The highest BCUT2D eigenvalue weighted by molar-refractivity contribution is 5.77. The van der Waals surface area contributed by atoms with Crippen molar-refractivity contribution in [3.8, 4) is 0 Å². The Morgan fingerprint density at radius 1 is 0.303 bits per heavy atom. The predicted molar refractivity (Wildman–Crippen MR) is 323 cm³/mol. The van der Waals surface area contributed by atoms with E-state index in [1.54, 1.807) is 0 Å². The third kappa shape index (κ3) is 47.8. The number of carbonyl (C=O) groups excluding carboxylic acids is 4. The molecule has 0 spiro atoms. The lowest BCUT2D eigenvalue weighted by Gasteiger charge is -2.28. The molecule has 2 atom stereocenters. The van der Waals surface area contributed by atoms with Crippen LogP contribution in [-0.4, -0.2) is 108 Å². The molecule has 0 rings (SSSR count). The lowest BCUT2D eigenvalue weighted by Crippen LogP contribution is -2.39. The molecule has 0 aromatic carbocycles. The molecule has 10 heteroatoms. The Bertz CT molecular complexity index is 1280. The zero-order valence-corrected chi connectivity index (χ0v) is 51.6. The van der Waals surface area contributed by atoms with Gasteiger partial charge >= 0.3 is 11.9 Å². The van der Waals surface area contributed by atoms with Gasteiger partial charge in [-0.2, -0.15) is 0 Å². The lowest BCUT2D eigenvalue weighted by atomic mass is 10.0. The maximum Gasteiger partial charge on any atom is 0.306 e. The summed E-state index contributed by atoms with van der Waals surface area (Å²) in [4.78, 5) is 60.9. The Morgan fingerprint density at radius 2 is 0.566 bits per heavy atom. The van der Waals surface area contributed by atoms with Crippen LogP contribution in [0.5, 0.6) is 0 Å². The van der Waals surface area contributed by atoms with Gasteiger partial charge in [0.05, 0.1) is 0 Å². The van der Waals surface area contributed by atoms with Crippen LogP contribution in [0.15, 0.2) is 0 Å². The van der Waals surface area contributed by atoms with Crippen LogP contribution in [0.2, 0.25) is 0 Å². The van der Waals surface area contributed by atoms with Crippen molar-refractivity contribution in [2.75, 3.05) is 52.4 Å². The number of aliphatic hydroxyl groups is 1. The van der Waals surface area contributed by atoms with Gasteiger partial charge in [0.1, 0.15) is 12.2 Å². The monoisotopic (exact) mass is 1080 g/mol. The molecule has 0 radical (unpaired) electrons. The minimum atomic E-state index is -0.0869. The third-order valence-electron chi connectivity index (χ3n) is 15.7. The van der Waals surface area contributed by atoms with Gasteiger partial charge in [-0.3, -0.25) is 19.2 Å². The van der Waals surface area contributed by atoms with Crippen LogP contribution in [-0.2, 0) is 28.7 Å². The highest BCUT2D eigenvalue weighted by Crippen LogP contribution is 2.20. The fourth-order valence-corrected chi connectivity index (χ4v) is 10.6. The first-order valence-corrected chi connectivity index (χ1v) is 33.5. The maximum atomic E-state index is 14.1. The molecule has 0 fully saturated rings. The zero-order chi connectivity index (χ0) is 55.8. The average molecular weight is 1080 g/mol. The summed E-state index contributed by atoms with van der Waals surface area (Å²) < 4.78 is 12.3. The summed E-state index contributed by atoms with van der Waals surface area (Å²) in [7, 11) is 0. The van der Waals surface area contributed by atoms with Gasteiger partial charge in [0.2, 0.25) is 11.8 Å². The molecule has 0 aliphatic rings. The van der Waals surface area contributed by atoms with Crippen LogP contribution in [0.25, 0.3) is 0 Å². The van der Waals surface area contributed by atoms with Crippen molar-refractivity contribution in [3.05, 3.63) is 0 Å². The molecule has 0 aliphatic carbocycles. The average Bonchev–Trinajstić information content (AvgIpc) is 3.41. The van der Waals surface area contributed by atoms with Gasteiger partial charge < -0.3 is 29.3 Å². The first-order chi connectivity index (χ1) is 37.2. The second kappa shape index (κ2) is 57.5. The molecule has 0 aromatic heterocycles. The van der Waals surface area contributed by atoms with Crippen molar-refractivity contribution < 1.29 is 33.8 Å². The van der Waals surface area contributed by atoms with Crippen LogP contribution in [0.4, 0.5) is 0 Å². The van der Waals surface area contributed by atoms with E-state index in [9.17, 15) is 24.3 Å². The van der Waals surface area contributed by atoms with E-state index in [2.05, 4.69) is 46.4 Å². The fourth-order valence-electron chi connectivity index (χ4n) is 10.6. The highest BCUT2D eigenvalue weighted by atomic mass is 16.5. The van der Waals surface area contributed by atoms with E-state index in [0.717, 1.165) is 142 Å². The number of carbonyl (C=O) groups is 4. The second-order valence-corrected chi connectivity index (χ2v) is 23.0. The topological polar surface area (TPSA) is 117 Å². The molecule has 0 bridgehead atoms. The van der Waals surface area contributed by atoms with Crippen LogP contribution >= 0.6 is 0 Å². The first kappa shape index (κ1) is 73.8. The van der Waals surface area contributed by atoms with Crippen molar-refractivity contribution in [2.24, 2.45) is 0 Å². The minimum Gasteiger partial charge on any atom is -0.462 e. The summed E-state index contributed by atoms with van der Waals surface area (Å²) in [6.07, 6.45) is 48.1. The van der Waals surface area contributed by atoms with E-state index in [1.165, 1.54) is 148 Å². The Labute approximate surface area is 471 Å². The smallest absolute Gasteiger partial charge is 0.306 e. The minimum absolute atomic E-state index is 0.0201. The Morgan fingerprint density at radius 3 is 0.895 bits per heavy atom. The lowest BCUT2D eigenvalue weighted by molar-refractivity contribution is -0.151. The number of ether oxygens (including phenoxy) is 2. The van der Waals surface area contributed by atoms with E-state index in [0.29, 0.717) is 51.9 Å². The molecule has 76 heavy (non-hydrogen) atoms. The fraction of sp³-hybridized carbons (Fsp3) is 0.939. The number of esters is 2. The van der Waals surface area contributed by atoms with Crippen molar-refractivity contribution in [3.63, 3.8) is 0 Å². The van der Waals surface area contributed by atoms with Crippen molar-refractivity contribution in [1.82, 2.24) is 14.7 Å². The van der Waals surface area contributed by atoms with Gasteiger partial charge in [-0.25, -0.2) is 0 Å². The summed E-state index contributed by atoms with van der Waals surface area (Å²) in [6, 6.07) is 0. The van der Waals surface area contributed by atoms with Crippen molar-refractivity contribution in [1.29, 1.82) is 0 Å². The van der Waals surface area contributed by atoms with E-state index < -0.39 is 0 Å². The summed E-state index contributed by atoms with van der Waals surface area (Å²) >= 11 is 0. The standard InChI is InChI=1S/C66H129N3O7/c1-7-13-19-25-28-35-47-61(45-33-24-18-12-6)75-65(73)49-37-42-56-68(54-40-30-22-16-10-4)63(71)51-58-67(53-39-32-44-60-70)59-52-64(72)69(55-41-31-23-17-11-5)57-43-38-50-66(74)76-62(46-34-27-21-15-9-3)48-36-29-26-20-14-8-2/h61-62,70H,7-60H2,1-6H3/t61?,62-/m1/s1. The molecule has 0 saturated carbocycles. The molecule has 0 heterocycles. The first-order valence-electron chi connectivity index (χ1n) is 33.5.